The lowest BCUT2D eigenvalue weighted by Crippen LogP contribution is -2.44. The minimum atomic E-state index is -0.681. The van der Waals surface area contributed by atoms with Crippen molar-refractivity contribution in [2.45, 2.75) is 44.1 Å². The van der Waals surface area contributed by atoms with Crippen LogP contribution in [0.3, 0.4) is 0 Å². The fourth-order valence-corrected chi connectivity index (χ4v) is 4.19. The molecule has 150 valence electrons. The van der Waals surface area contributed by atoms with Crippen molar-refractivity contribution in [3.05, 3.63) is 54.6 Å². The molecule has 1 aliphatic carbocycles. The lowest BCUT2D eigenvalue weighted by atomic mass is 9.98. The van der Waals surface area contributed by atoms with Crippen LogP contribution in [0.15, 0.2) is 54.6 Å². The van der Waals surface area contributed by atoms with E-state index in [0.717, 1.165) is 29.7 Å². The maximum atomic E-state index is 12.6. The first-order valence-corrected chi connectivity index (χ1v) is 10.2. The van der Waals surface area contributed by atoms with Gasteiger partial charge in [0.05, 0.1) is 0 Å². The molecular formula is C23H25N3O3. The highest BCUT2D eigenvalue weighted by molar-refractivity contribution is 6.07. The summed E-state index contributed by atoms with van der Waals surface area (Å²) >= 11 is 0. The summed E-state index contributed by atoms with van der Waals surface area (Å²) in [4.78, 5) is 38.3. The lowest BCUT2D eigenvalue weighted by Gasteiger charge is -2.19. The van der Waals surface area contributed by atoms with Crippen LogP contribution >= 0.6 is 0 Å². The van der Waals surface area contributed by atoms with E-state index >= 15 is 0 Å². The second-order valence-electron chi connectivity index (χ2n) is 7.77. The molecule has 1 saturated carbocycles. The summed E-state index contributed by atoms with van der Waals surface area (Å²) < 4.78 is 0. The van der Waals surface area contributed by atoms with Gasteiger partial charge in [0.2, 0.25) is 5.91 Å². The Morgan fingerprint density at radius 1 is 0.966 bits per heavy atom. The van der Waals surface area contributed by atoms with Gasteiger partial charge in [-0.25, -0.2) is 4.79 Å². The van der Waals surface area contributed by atoms with Crippen molar-refractivity contribution in [1.82, 2.24) is 10.2 Å². The number of urea groups is 1. The summed E-state index contributed by atoms with van der Waals surface area (Å²) in [5, 5.41) is 5.74. The zero-order chi connectivity index (χ0) is 20.3. The van der Waals surface area contributed by atoms with Gasteiger partial charge in [-0.15, -0.1) is 0 Å². The van der Waals surface area contributed by atoms with Gasteiger partial charge in [0.1, 0.15) is 5.54 Å². The Labute approximate surface area is 170 Å². The topological polar surface area (TPSA) is 78.5 Å². The summed E-state index contributed by atoms with van der Waals surface area (Å²) in [7, 11) is 0. The number of hydrogen-bond acceptors (Lipinski definition) is 3. The van der Waals surface area contributed by atoms with Gasteiger partial charge in [-0.05, 0) is 42.5 Å². The second-order valence-corrected chi connectivity index (χ2v) is 7.77. The molecule has 6 heteroatoms. The molecule has 1 heterocycles. The third-order valence-electron chi connectivity index (χ3n) is 5.76. The number of benzene rings is 2. The molecule has 0 aromatic heterocycles. The standard InChI is InChI=1S/C23H25N3O3/c27-20(24-19-12-10-18(11-13-19)17-7-2-1-3-8-17)9-6-16-26-21(28)23(25-22(26)29)14-4-5-15-23/h1-3,7-8,10-13H,4-6,9,14-16H2,(H,24,27)(H,25,29). The highest BCUT2D eigenvalue weighted by Crippen LogP contribution is 2.35. The molecule has 4 amide bonds. The first-order chi connectivity index (χ1) is 14.1. The average molecular weight is 391 g/mol. The Bertz CT molecular complexity index is 903. The van der Waals surface area contributed by atoms with E-state index in [-0.39, 0.29) is 30.8 Å². The Hall–Kier alpha value is -3.15. The summed E-state index contributed by atoms with van der Waals surface area (Å²) in [6, 6.07) is 17.4. The van der Waals surface area contributed by atoms with Crippen molar-refractivity contribution in [3.63, 3.8) is 0 Å². The summed E-state index contributed by atoms with van der Waals surface area (Å²) in [5.74, 6) is -0.253. The molecule has 4 rings (SSSR count). The smallest absolute Gasteiger partial charge is 0.325 e. The summed E-state index contributed by atoms with van der Waals surface area (Å²) in [6.07, 6.45) is 4.06. The van der Waals surface area contributed by atoms with Crippen molar-refractivity contribution in [2.75, 3.05) is 11.9 Å². The van der Waals surface area contributed by atoms with Gasteiger partial charge >= 0.3 is 6.03 Å². The number of hydrogen-bond donors (Lipinski definition) is 2. The molecular weight excluding hydrogens is 366 g/mol. The second kappa shape index (κ2) is 8.07. The molecule has 2 aliphatic rings. The van der Waals surface area contributed by atoms with Gasteiger partial charge in [-0.1, -0.05) is 55.3 Å². The molecule has 2 aromatic rings. The van der Waals surface area contributed by atoms with E-state index in [9.17, 15) is 14.4 Å². The summed E-state index contributed by atoms with van der Waals surface area (Å²) in [5.41, 5.74) is 2.26. The first-order valence-electron chi connectivity index (χ1n) is 10.2. The van der Waals surface area contributed by atoms with Crippen molar-refractivity contribution in [2.24, 2.45) is 0 Å². The van der Waals surface area contributed by atoms with Gasteiger partial charge < -0.3 is 10.6 Å². The zero-order valence-electron chi connectivity index (χ0n) is 16.3. The third kappa shape index (κ3) is 4.01. The molecule has 1 saturated heterocycles. The monoisotopic (exact) mass is 391 g/mol. The van der Waals surface area contributed by atoms with Crippen LogP contribution < -0.4 is 10.6 Å². The number of nitrogens with zero attached hydrogens (tertiary/aromatic N) is 1. The maximum absolute atomic E-state index is 12.6. The molecule has 0 radical (unpaired) electrons. The van der Waals surface area contributed by atoms with Crippen molar-refractivity contribution < 1.29 is 14.4 Å². The van der Waals surface area contributed by atoms with Crippen molar-refractivity contribution >= 4 is 23.5 Å². The number of carbonyl (C=O) groups excluding carboxylic acids is 3. The average Bonchev–Trinajstić information content (AvgIpc) is 3.29. The fourth-order valence-electron chi connectivity index (χ4n) is 4.19. The molecule has 6 nitrogen and oxygen atoms in total. The van der Waals surface area contributed by atoms with Crippen LogP contribution in [0.2, 0.25) is 0 Å². The van der Waals surface area contributed by atoms with E-state index in [1.807, 2.05) is 54.6 Å². The van der Waals surface area contributed by atoms with Gasteiger partial charge in [0.15, 0.2) is 0 Å². The van der Waals surface area contributed by atoms with E-state index in [4.69, 9.17) is 0 Å². The molecule has 0 bridgehead atoms. The summed E-state index contributed by atoms with van der Waals surface area (Å²) in [6.45, 7) is 0.271. The molecule has 2 aromatic carbocycles. The zero-order valence-corrected chi connectivity index (χ0v) is 16.3. The minimum absolute atomic E-state index is 0.125. The number of nitrogens with one attached hydrogen (secondary N) is 2. The van der Waals surface area contributed by atoms with Gasteiger partial charge in [-0.2, -0.15) is 0 Å². The molecule has 2 fully saturated rings. The number of amides is 4. The molecule has 0 atom stereocenters. The molecule has 2 N–H and O–H groups in total. The molecule has 0 unspecified atom stereocenters. The van der Waals surface area contributed by atoms with E-state index in [2.05, 4.69) is 10.6 Å². The predicted octanol–water partition coefficient (Wildman–Crippen LogP) is 3.94. The Balaban J connectivity index is 1.26. The minimum Gasteiger partial charge on any atom is -0.326 e. The molecule has 1 spiro atoms. The van der Waals surface area contributed by atoms with Crippen LogP contribution in [0, 0.1) is 0 Å². The Morgan fingerprint density at radius 3 is 2.31 bits per heavy atom. The van der Waals surface area contributed by atoms with Crippen LogP contribution in [0.5, 0.6) is 0 Å². The predicted molar refractivity (Wildman–Crippen MR) is 111 cm³/mol. The highest BCUT2D eigenvalue weighted by Gasteiger charge is 2.51. The van der Waals surface area contributed by atoms with Crippen LogP contribution in [-0.2, 0) is 9.59 Å². The third-order valence-corrected chi connectivity index (χ3v) is 5.76. The fraction of sp³-hybridized carbons (Fsp3) is 0.348. The highest BCUT2D eigenvalue weighted by atomic mass is 16.2. The SMILES string of the molecule is O=C(CCCN1C(=O)NC2(CCCC2)C1=O)Nc1ccc(-c2ccccc2)cc1. The van der Waals surface area contributed by atoms with Gasteiger partial charge in [-0.3, -0.25) is 14.5 Å². The van der Waals surface area contributed by atoms with Gasteiger partial charge in [0, 0.05) is 18.7 Å². The quantitative estimate of drug-likeness (QED) is 0.732. The number of anilines is 1. The van der Waals surface area contributed by atoms with E-state index in [1.165, 1.54) is 4.90 Å². The lowest BCUT2D eigenvalue weighted by molar-refractivity contribution is -0.131. The van der Waals surface area contributed by atoms with Gasteiger partial charge in [0.25, 0.3) is 5.91 Å². The van der Waals surface area contributed by atoms with E-state index in [0.29, 0.717) is 19.3 Å². The van der Waals surface area contributed by atoms with Crippen LogP contribution in [0.4, 0.5) is 10.5 Å². The number of imide groups is 1. The first kappa shape index (κ1) is 19.2. The van der Waals surface area contributed by atoms with Crippen molar-refractivity contribution in [3.8, 4) is 11.1 Å². The molecule has 1 aliphatic heterocycles. The van der Waals surface area contributed by atoms with Crippen molar-refractivity contribution in [1.29, 1.82) is 0 Å². The van der Waals surface area contributed by atoms with Crippen LogP contribution in [0.1, 0.15) is 38.5 Å². The van der Waals surface area contributed by atoms with E-state index in [1.54, 1.807) is 0 Å². The maximum Gasteiger partial charge on any atom is 0.325 e. The number of rotatable bonds is 6. The largest absolute Gasteiger partial charge is 0.326 e. The van der Waals surface area contributed by atoms with Crippen LogP contribution in [0.25, 0.3) is 11.1 Å². The molecule has 29 heavy (non-hydrogen) atoms. The normalized spacial score (nSPS) is 17.6. The Kier molecular flexibility index (Phi) is 5.34. The van der Waals surface area contributed by atoms with E-state index < -0.39 is 5.54 Å². The number of carbonyl (C=O) groups is 3. The Morgan fingerprint density at radius 2 is 1.62 bits per heavy atom. The van der Waals surface area contributed by atoms with Crippen LogP contribution in [-0.4, -0.2) is 34.8 Å².